The maximum Gasteiger partial charge on any atom is 0.136 e. The van der Waals surface area contributed by atoms with Crippen molar-refractivity contribution in [2.45, 2.75) is 19.3 Å². The minimum Gasteiger partial charge on any atom is -0.456 e. The molecule has 0 fully saturated rings. The summed E-state index contributed by atoms with van der Waals surface area (Å²) in [6, 6.07) is 167. The van der Waals surface area contributed by atoms with Crippen molar-refractivity contribution in [3.05, 3.63) is 490 Å². The molecular weight excluding hydrogens is 1760 g/mol. The Morgan fingerprint density at radius 2 is 0.507 bits per heavy atom. The second-order valence-corrected chi connectivity index (χ2v) is 37.4. The molecule has 1 N–H and O–H groups in total. The smallest absolute Gasteiger partial charge is 0.136 e. The lowest BCUT2D eigenvalue weighted by atomic mass is 9.81. The Morgan fingerprint density at radius 3 is 0.944 bits per heavy atom. The summed E-state index contributed by atoms with van der Waals surface area (Å²) in [5.74, 6) is 0. The summed E-state index contributed by atoms with van der Waals surface area (Å²) in [7, 11) is 0. The van der Waals surface area contributed by atoms with Crippen LogP contribution >= 0.6 is 0 Å². The highest BCUT2D eigenvalue weighted by Crippen LogP contribution is 2.53. The van der Waals surface area contributed by atoms with E-state index in [1.54, 1.807) is 0 Å². The average Bonchev–Trinajstić information content (AvgIpc) is 1.56. The zero-order valence-corrected chi connectivity index (χ0v) is 78.5. The molecule has 0 amide bonds. The van der Waals surface area contributed by atoms with E-state index in [4.69, 9.17) is 43.2 Å². The lowest BCUT2D eigenvalue weighted by molar-refractivity contribution is 0.661. The van der Waals surface area contributed by atoms with E-state index < -0.39 is 0 Å². The molecule has 8 aromatic heterocycles. The molecule has 0 radical (unpaired) electrons. The second-order valence-electron chi connectivity index (χ2n) is 37.4. The Hall–Kier alpha value is -19.1. The monoisotopic (exact) mass is 1840 g/mol. The minimum atomic E-state index is -0.144. The molecule has 0 aliphatic heterocycles. The Bertz CT molecular complexity index is 10100. The Kier molecular flexibility index (Phi) is 20.3. The molecule has 29 aromatic rings. The first kappa shape index (κ1) is 84.2. The number of aromatic nitrogens is 8. The third kappa shape index (κ3) is 14.7. The van der Waals surface area contributed by atoms with Gasteiger partial charge in [0.15, 0.2) is 0 Å². The molecule has 676 valence electrons. The van der Waals surface area contributed by atoms with E-state index in [1.165, 1.54) is 71.1 Å². The third-order valence-corrected chi connectivity index (χ3v) is 28.6. The van der Waals surface area contributed by atoms with Gasteiger partial charge in [-0.1, -0.05) is 366 Å². The van der Waals surface area contributed by atoms with Crippen LogP contribution in [0.3, 0.4) is 0 Å². The lowest BCUT2D eigenvalue weighted by Crippen LogP contribution is -2.15. The molecule has 1 aliphatic carbocycles. The lowest BCUT2D eigenvalue weighted by Gasteiger charge is -2.22. The SMILES string of the molecule is CC1(C)c2cc(-c3nc4ccccc4nc3-c3ccc(-c4cccc5oc6ccccc6c45)cc3)ccc2-c2cc3ccccc3cc21.c1ccc(-c2nc3ccccc3nc2-c2ccc(-c3cccc4oc5ccccc5c34)cc2)cc1.c1ccc(-n2c3ccccc3c3ccc(-c4nc5ccccc5nc4-c4ccc(-c5cccc6oc7ccccc7c56)cc4)cc32)cc1.c1ccc2c(c1)[nH]c1ccccc12. The number of benzene rings is 21. The Balaban J connectivity index is 0.000000102. The van der Waals surface area contributed by atoms with Crippen LogP contribution in [0.25, 0.3) is 271 Å². The van der Waals surface area contributed by atoms with Gasteiger partial charge in [-0.25, -0.2) is 29.9 Å². The number of rotatable bonds is 10. The molecule has 11 heteroatoms. The first-order valence-corrected chi connectivity index (χ1v) is 48.8. The Labute approximate surface area is 827 Å². The minimum absolute atomic E-state index is 0.144. The summed E-state index contributed by atoms with van der Waals surface area (Å²) in [6.07, 6.45) is 0. The van der Waals surface area contributed by atoms with Crippen LogP contribution in [0.4, 0.5) is 0 Å². The van der Waals surface area contributed by atoms with Gasteiger partial charge in [-0.2, -0.15) is 0 Å². The fourth-order valence-corrected chi connectivity index (χ4v) is 21.6. The van der Waals surface area contributed by atoms with Gasteiger partial charge in [0.2, 0.25) is 0 Å². The van der Waals surface area contributed by atoms with Crippen molar-refractivity contribution >= 4 is 153 Å². The molecule has 0 saturated heterocycles. The highest BCUT2D eigenvalue weighted by Gasteiger charge is 2.37. The maximum atomic E-state index is 6.18. The molecule has 11 nitrogen and oxygen atoms in total. The number of nitrogens with zero attached hydrogens (tertiary/aromatic N) is 7. The second kappa shape index (κ2) is 34.8. The highest BCUT2D eigenvalue weighted by molar-refractivity contribution is 6.17. The van der Waals surface area contributed by atoms with Gasteiger partial charge in [0, 0.05) is 109 Å². The summed E-state index contributed by atoms with van der Waals surface area (Å²) in [4.78, 5) is 34.4. The van der Waals surface area contributed by atoms with Crippen LogP contribution in [0.15, 0.2) is 492 Å². The van der Waals surface area contributed by atoms with E-state index in [0.717, 1.165) is 211 Å². The summed E-state index contributed by atoms with van der Waals surface area (Å²) < 4.78 is 20.8. The van der Waals surface area contributed by atoms with Crippen LogP contribution in [0.2, 0.25) is 0 Å². The third-order valence-electron chi connectivity index (χ3n) is 28.6. The predicted molar refractivity (Wildman–Crippen MR) is 595 cm³/mol. The summed E-state index contributed by atoms with van der Waals surface area (Å²) in [5, 5.41) is 14.4. The van der Waals surface area contributed by atoms with Crippen LogP contribution in [-0.4, -0.2) is 39.5 Å². The van der Waals surface area contributed by atoms with Gasteiger partial charge in [-0.3, -0.25) is 0 Å². The largest absolute Gasteiger partial charge is 0.456 e. The molecule has 30 rings (SSSR count). The first-order valence-electron chi connectivity index (χ1n) is 48.8. The van der Waals surface area contributed by atoms with E-state index in [0.29, 0.717) is 0 Å². The number of fused-ring (bicyclic) bond motifs is 22. The van der Waals surface area contributed by atoms with Crippen molar-refractivity contribution in [1.82, 2.24) is 39.5 Å². The van der Waals surface area contributed by atoms with E-state index in [-0.39, 0.29) is 5.41 Å². The predicted octanol–water partition coefficient (Wildman–Crippen LogP) is 35.5. The summed E-state index contributed by atoms with van der Waals surface area (Å²) in [6.45, 7) is 4.68. The first-order chi connectivity index (χ1) is 71.1. The van der Waals surface area contributed by atoms with Crippen LogP contribution in [-0.2, 0) is 5.41 Å². The number of hydrogen-bond donors (Lipinski definition) is 1. The number of hydrogen-bond acceptors (Lipinski definition) is 9. The van der Waals surface area contributed by atoms with Crippen molar-refractivity contribution in [3.8, 4) is 118 Å². The highest BCUT2D eigenvalue weighted by atomic mass is 16.3. The van der Waals surface area contributed by atoms with Crippen molar-refractivity contribution < 1.29 is 13.3 Å². The van der Waals surface area contributed by atoms with Crippen LogP contribution < -0.4 is 0 Å². The van der Waals surface area contributed by atoms with Gasteiger partial charge in [-0.05, 0) is 194 Å². The maximum absolute atomic E-state index is 6.18. The summed E-state index contributed by atoms with van der Waals surface area (Å²) >= 11 is 0. The number of aromatic amines is 1. The standard InChI is InChI=1S/C45H30N2O.C44H27N3O.C32H20N2O.C12H9N/c1-45(2)36-26-31(22-23-33(36)35-24-29-10-3-4-11-30(29)25-37(35)45)44-43(46-38-14-6-7-15-39(38)47-44)28-20-18-27(19-21-28)32-13-9-17-41-42(32)34-12-5-8-16-40(34)48-41;1-2-11-31(12-3-1)47-38-18-8-4-13-33(38)34-26-25-30(27-39(34)47)44-43(45-36-16-6-7-17-37(36)46-44)29-23-21-28(22-24-29)32-15-10-20-41-42(32)35-14-5-9-19-40(35)48-41;1-2-9-22(10-3-1)31-32(34-27-14-6-5-13-26(27)33-31)23-19-17-21(18-20-23)24-12-8-16-29-30(24)25-11-4-7-15-28(25)35-29;1-3-7-11-9(5-1)10-6-2-4-8-12(10)13-11/h3-26H,1-2H3;1-27H;1-20H;1-8,13H. The molecule has 0 bridgehead atoms. The van der Waals surface area contributed by atoms with Crippen molar-refractivity contribution in [3.63, 3.8) is 0 Å². The zero-order valence-electron chi connectivity index (χ0n) is 78.5. The number of H-pyrrole nitrogens is 1. The fraction of sp³-hybridized carbons (Fsp3) is 0.0226. The van der Waals surface area contributed by atoms with E-state index >= 15 is 0 Å². The Morgan fingerprint density at radius 1 is 0.201 bits per heavy atom. The molecule has 21 aromatic carbocycles. The molecular formula is C133H86N8O3. The van der Waals surface area contributed by atoms with Crippen molar-refractivity contribution in [2.24, 2.45) is 0 Å². The van der Waals surface area contributed by atoms with Gasteiger partial charge in [0.25, 0.3) is 0 Å². The average molecular weight is 1840 g/mol. The normalized spacial score (nSPS) is 12.2. The topological polar surface area (TPSA) is 137 Å². The van der Waals surface area contributed by atoms with Crippen molar-refractivity contribution in [2.75, 3.05) is 0 Å². The number of nitrogens with one attached hydrogen (secondary N) is 1. The quantitative estimate of drug-likeness (QED) is 0.142. The summed E-state index contributed by atoms with van der Waals surface area (Å²) in [5.41, 5.74) is 40.1. The van der Waals surface area contributed by atoms with Gasteiger partial charge >= 0.3 is 0 Å². The molecule has 0 spiro atoms. The van der Waals surface area contributed by atoms with Gasteiger partial charge < -0.3 is 22.8 Å². The number of para-hydroxylation sites is 13. The molecule has 144 heavy (non-hydrogen) atoms. The van der Waals surface area contributed by atoms with E-state index in [2.05, 4.69) is 357 Å². The van der Waals surface area contributed by atoms with Crippen LogP contribution in [0, 0.1) is 0 Å². The van der Waals surface area contributed by atoms with Crippen molar-refractivity contribution in [1.29, 1.82) is 0 Å². The van der Waals surface area contributed by atoms with Crippen LogP contribution in [0.5, 0.6) is 0 Å². The molecule has 0 atom stereocenters. The zero-order chi connectivity index (χ0) is 95.5. The fourth-order valence-electron chi connectivity index (χ4n) is 21.6. The van der Waals surface area contributed by atoms with Gasteiger partial charge in [0.1, 0.15) is 33.5 Å². The molecule has 0 saturated carbocycles. The molecule has 0 unspecified atom stereocenters. The number of furan rings is 3. The molecule has 1 aliphatic rings. The van der Waals surface area contributed by atoms with E-state index in [9.17, 15) is 0 Å². The van der Waals surface area contributed by atoms with E-state index in [1.807, 2.05) is 146 Å². The van der Waals surface area contributed by atoms with Gasteiger partial charge in [0.05, 0.1) is 78.3 Å². The van der Waals surface area contributed by atoms with Crippen LogP contribution in [0.1, 0.15) is 25.0 Å². The molecule has 8 heterocycles. The van der Waals surface area contributed by atoms with Gasteiger partial charge in [-0.15, -0.1) is 0 Å².